The lowest BCUT2D eigenvalue weighted by Gasteiger charge is -2.01. The van der Waals surface area contributed by atoms with E-state index in [1.54, 1.807) is 23.0 Å². The molecule has 0 aliphatic carbocycles. The van der Waals surface area contributed by atoms with Crippen LogP contribution in [0.3, 0.4) is 0 Å². The highest BCUT2D eigenvalue weighted by Gasteiger charge is 2.05. The van der Waals surface area contributed by atoms with Gasteiger partial charge in [0.2, 0.25) is 0 Å². The maximum absolute atomic E-state index is 10.5. The lowest BCUT2D eigenvalue weighted by atomic mass is 10.1. The number of aromatic nitrogens is 2. The minimum Gasteiger partial charge on any atom is -0.298 e. The zero-order valence-corrected chi connectivity index (χ0v) is 8.90. The fourth-order valence-electron chi connectivity index (χ4n) is 1.40. The Labute approximate surface area is 92.3 Å². The highest BCUT2D eigenvalue weighted by molar-refractivity contribution is 6.33. The number of halogens is 1. The fraction of sp³-hybridized carbons (Fsp3) is 0.0909. The Morgan fingerprint density at radius 1 is 1.47 bits per heavy atom. The van der Waals surface area contributed by atoms with E-state index in [1.807, 2.05) is 19.3 Å². The molecule has 0 amide bonds. The Morgan fingerprint density at radius 2 is 2.27 bits per heavy atom. The maximum Gasteiger partial charge on any atom is 0.150 e. The molecule has 0 saturated heterocycles. The smallest absolute Gasteiger partial charge is 0.150 e. The van der Waals surface area contributed by atoms with Crippen LogP contribution in [0.4, 0.5) is 0 Å². The second-order valence-electron chi connectivity index (χ2n) is 3.26. The van der Waals surface area contributed by atoms with Gasteiger partial charge in [-0.05, 0) is 6.07 Å². The van der Waals surface area contributed by atoms with Crippen LogP contribution in [-0.2, 0) is 7.05 Å². The van der Waals surface area contributed by atoms with Gasteiger partial charge in [-0.3, -0.25) is 9.48 Å². The molecule has 76 valence electrons. The van der Waals surface area contributed by atoms with Gasteiger partial charge < -0.3 is 0 Å². The van der Waals surface area contributed by atoms with Crippen LogP contribution < -0.4 is 0 Å². The normalized spacial score (nSPS) is 10.3. The predicted octanol–water partition coefficient (Wildman–Crippen LogP) is 2.55. The molecule has 2 aromatic rings. The van der Waals surface area contributed by atoms with E-state index < -0.39 is 0 Å². The Morgan fingerprint density at radius 3 is 2.80 bits per heavy atom. The molecule has 0 aliphatic heterocycles. The molecule has 1 aromatic carbocycles. The molecular weight excluding hydrogens is 212 g/mol. The van der Waals surface area contributed by atoms with Crippen molar-refractivity contribution in [1.82, 2.24) is 9.78 Å². The summed E-state index contributed by atoms with van der Waals surface area (Å²) < 4.78 is 1.71. The molecule has 1 heterocycles. The summed E-state index contributed by atoms with van der Waals surface area (Å²) in [7, 11) is 1.84. The monoisotopic (exact) mass is 220 g/mol. The van der Waals surface area contributed by atoms with E-state index in [0.717, 1.165) is 17.4 Å². The number of carbonyl (C=O) groups excluding carboxylic acids is 1. The Kier molecular flexibility index (Phi) is 2.56. The van der Waals surface area contributed by atoms with E-state index in [2.05, 4.69) is 5.10 Å². The molecule has 0 aliphatic rings. The molecule has 15 heavy (non-hydrogen) atoms. The van der Waals surface area contributed by atoms with Crippen LogP contribution in [-0.4, -0.2) is 16.1 Å². The number of hydrogen-bond acceptors (Lipinski definition) is 2. The average molecular weight is 221 g/mol. The summed E-state index contributed by atoms with van der Waals surface area (Å²) >= 11 is 6.06. The van der Waals surface area contributed by atoms with Crippen molar-refractivity contribution >= 4 is 17.9 Å². The van der Waals surface area contributed by atoms with Gasteiger partial charge in [-0.25, -0.2) is 0 Å². The first-order valence-electron chi connectivity index (χ1n) is 4.44. The van der Waals surface area contributed by atoms with Crippen molar-refractivity contribution in [2.75, 3.05) is 0 Å². The quantitative estimate of drug-likeness (QED) is 0.729. The van der Waals surface area contributed by atoms with Gasteiger partial charge in [0.15, 0.2) is 0 Å². The van der Waals surface area contributed by atoms with Crippen molar-refractivity contribution in [2.24, 2.45) is 7.05 Å². The van der Waals surface area contributed by atoms with Gasteiger partial charge in [-0.2, -0.15) is 5.10 Å². The van der Waals surface area contributed by atoms with Crippen LogP contribution in [0.1, 0.15) is 10.4 Å². The van der Waals surface area contributed by atoms with Crippen molar-refractivity contribution in [3.05, 3.63) is 41.2 Å². The fourth-order valence-corrected chi connectivity index (χ4v) is 1.70. The predicted molar refractivity (Wildman–Crippen MR) is 59.0 cm³/mol. The van der Waals surface area contributed by atoms with Crippen LogP contribution in [0.15, 0.2) is 30.6 Å². The summed E-state index contributed by atoms with van der Waals surface area (Å²) in [6.07, 6.45) is 4.39. The first kappa shape index (κ1) is 9.93. The van der Waals surface area contributed by atoms with E-state index in [-0.39, 0.29) is 0 Å². The molecule has 0 spiro atoms. The third-order valence-electron chi connectivity index (χ3n) is 2.15. The zero-order valence-electron chi connectivity index (χ0n) is 8.14. The summed E-state index contributed by atoms with van der Waals surface area (Å²) in [5, 5.41) is 4.63. The molecule has 0 unspecified atom stereocenters. The second-order valence-corrected chi connectivity index (χ2v) is 3.67. The van der Waals surface area contributed by atoms with Gasteiger partial charge in [0.25, 0.3) is 0 Å². The van der Waals surface area contributed by atoms with Crippen molar-refractivity contribution < 1.29 is 4.79 Å². The van der Waals surface area contributed by atoms with E-state index >= 15 is 0 Å². The minimum absolute atomic E-state index is 0.563. The summed E-state index contributed by atoms with van der Waals surface area (Å²) in [6, 6.07) is 5.21. The Balaban J connectivity index is 2.49. The van der Waals surface area contributed by atoms with Crippen molar-refractivity contribution in [3.63, 3.8) is 0 Å². The third kappa shape index (κ3) is 1.92. The maximum atomic E-state index is 10.5. The van der Waals surface area contributed by atoms with Gasteiger partial charge in [0, 0.05) is 35.0 Å². The van der Waals surface area contributed by atoms with Crippen molar-refractivity contribution in [2.45, 2.75) is 0 Å². The standard InChI is InChI=1S/C11H9ClN2O/c1-14-6-9(5-13-14)10-3-2-8(7-15)4-11(10)12/h2-7H,1H3. The van der Waals surface area contributed by atoms with Gasteiger partial charge in [0.05, 0.1) is 6.20 Å². The average Bonchev–Trinajstić information content (AvgIpc) is 2.64. The summed E-state index contributed by atoms with van der Waals surface area (Å²) in [4.78, 5) is 10.5. The van der Waals surface area contributed by atoms with Crippen molar-refractivity contribution in [1.29, 1.82) is 0 Å². The largest absolute Gasteiger partial charge is 0.298 e. The first-order chi connectivity index (χ1) is 7.20. The summed E-state index contributed by atoms with van der Waals surface area (Å²) in [6.45, 7) is 0. The molecule has 3 nitrogen and oxygen atoms in total. The summed E-state index contributed by atoms with van der Waals surface area (Å²) in [5.74, 6) is 0. The molecule has 1 aromatic heterocycles. The number of nitrogens with zero attached hydrogens (tertiary/aromatic N) is 2. The number of rotatable bonds is 2. The van der Waals surface area contributed by atoms with Gasteiger partial charge in [-0.15, -0.1) is 0 Å². The first-order valence-corrected chi connectivity index (χ1v) is 4.82. The topological polar surface area (TPSA) is 34.9 Å². The van der Waals surface area contributed by atoms with E-state index in [4.69, 9.17) is 11.6 Å². The molecule has 0 bridgehead atoms. The number of carbonyl (C=O) groups is 1. The van der Waals surface area contributed by atoms with Crippen LogP contribution >= 0.6 is 11.6 Å². The molecule has 4 heteroatoms. The highest BCUT2D eigenvalue weighted by Crippen LogP contribution is 2.27. The van der Waals surface area contributed by atoms with Crippen molar-refractivity contribution in [3.8, 4) is 11.1 Å². The van der Waals surface area contributed by atoms with Gasteiger partial charge >= 0.3 is 0 Å². The second kappa shape index (κ2) is 3.87. The number of benzene rings is 1. The zero-order chi connectivity index (χ0) is 10.8. The third-order valence-corrected chi connectivity index (χ3v) is 2.46. The molecule has 0 saturated carbocycles. The lowest BCUT2D eigenvalue weighted by Crippen LogP contribution is -1.85. The van der Waals surface area contributed by atoms with Gasteiger partial charge in [0.1, 0.15) is 6.29 Å². The van der Waals surface area contributed by atoms with Crippen LogP contribution in [0.25, 0.3) is 11.1 Å². The minimum atomic E-state index is 0.563. The van der Waals surface area contributed by atoms with Crippen LogP contribution in [0.2, 0.25) is 5.02 Å². The van der Waals surface area contributed by atoms with Crippen LogP contribution in [0, 0.1) is 0 Å². The van der Waals surface area contributed by atoms with E-state index in [1.165, 1.54) is 0 Å². The Bertz CT molecular complexity index is 505. The lowest BCUT2D eigenvalue weighted by molar-refractivity contribution is 0.112. The number of aryl methyl sites for hydroxylation is 1. The van der Waals surface area contributed by atoms with E-state index in [0.29, 0.717) is 10.6 Å². The molecular formula is C11H9ClN2O. The summed E-state index contributed by atoms with van der Waals surface area (Å²) in [5.41, 5.74) is 2.41. The molecule has 2 rings (SSSR count). The van der Waals surface area contributed by atoms with E-state index in [9.17, 15) is 4.79 Å². The molecule has 0 fully saturated rings. The number of aldehydes is 1. The van der Waals surface area contributed by atoms with Gasteiger partial charge in [-0.1, -0.05) is 23.7 Å². The Hall–Kier alpha value is -1.61. The molecule has 0 radical (unpaired) electrons. The molecule has 0 N–H and O–H groups in total. The molecule has 0 atom stereocenters. The SMILES string of the molecule is Cn1cc(-c2ccc(C=O)cc2Cl)cn1. The number of hydrogen-bond donors (Lipinski definition) is 0. The van der Waals surface area contributed by atoms with Crippen LogP contribution in [0.5, 0.6) is 0 Å². The highest BCUT2D eigenvalue weighted by atomic mass is 35.5.